The van der Waals surface area contributed by atoms with E-state index in [2.05, 4.69) is 5.32 Å². The van der Waals surface area contributed by atoms with Crippen molar-refractivity contribution in [1.82, 2.24) is 5.32 Å². The number of rotatable bonds is 6. The number of hydrogen-bond acceptors (Lipinski definition) is 4. The Morgan fingerprint density at radius 1 is 1.17 bits per heavy atom. The third-order valence-electron chi connectivity index (χ3n) is 3.66. The minimum Gasteiger partial charge on any atom is -0.380 e. The summed E-state index contributed by atoms with van der Waals surface area (Å²) in [5, 5.41) is 2.91. The van der Waals surface area contributed by atoms with Crippen LogP contribution in [0, 0.1) is 0 Å². The zero-order valence-corrected chi connectivity index (χ0v) is 14.8. The van der Waals surface area contributed by atoms with E-state index in [4.69, 9.17) is 4.74 Å². The minimum absolute atomic E-state index is 0.187. The van der Waals surface area contributed by atoms with Gasteiger partial charge >= 0.3 is 0 Å². The first-order chi connectivity index (χ1) is 11.3. The van der Waals surface area contributed by atoms with E-state index in [9.17, 15) is 13.2 Å². The van der Waals surface area contributed by atoms with Crippen LogP contribution >= 0.6 is 0 Å². The van der Waals surface area contributed by atoms with Gasteiger partial charge in [0.25, 0.3) is 5.91 Å². The third kappa shape index (κ3) is 4.66. The molecule has 0 aliphatic heterocycles. The van der Waals surface area contributed by atoms with Gasteiger partial charge in [-0.05, 0) is 42.3 Å². The van der Waals surface area contributed by atoms with Gasteiger partial charge < -0.3 is 10.1 Å². The Morgan fingerprint density at radius 3 is 2.42 bits per heavy atom. The molecule has 1 N–H and O–H groups in total. The Hall–Kier alpha value is -2.18. The molecule has 0 saturated carbocycles. The Kier molecular flexibility index (Phi) is 5.75. The quantitative estimate of drug-likeness (QED) is 0.872. The van der Waals surface area contributed by atoms with Crippen LogP contribution in [0.4, 0.5) is 0 Å². The third-order valence-corrected chi connectivity index (χ3v) is 4.78. The molecule has 2 aromatic carbocycles. The van der Waals surface area contributed by atoms with Crippen LogP contribution in [0.25, 0.3) is 0 Å². The van der Waals surface area contributed by atoms with Crippen LogP contribution in [0.15, 0.2) is 53.4 Å². The maximum atomic E-state index is 12.4. The Bertz CT molecular complexity index is 813. The fourth-order valence-electron chi connectivity index (χ4n) is 2.34. The van der Waals surface area contributed by atoms with Gasteiger partial charge in [-0.1, -0.05) is 24.3 Å². The van der Waals surface area contributed by atoms with E-state index in [1.165, 1.54) is 6.26 Å². The summed E-state index contributed by atoms with van der Waals surface area (Å²) in [7, 11) is -1.61. The molecule has 0 unspecified atom stereocenters. The van der Waals surface area contributed by atoms with Gasteiger partial charge in [0.1, 0.15) is 0 Å². The van der Waals surface area contributed by atoms with Gasteiger partial charge in [-0.25, -0.2) is 8.42 Å². The summed E-state index contributed by atoms with van der Waals surface area (Å²) in [5.41, 5.74) is 2.32. The number of benzene rings is 2. The van der Waals surface area contributed by atoms with Gasteiger partial charge in [-0.2, -0.15) is 0 Å². The van der Waals surface area contributed by atoms with Crippen molar-refractivity contribution in [3.8, 4) is 0 Å². The van der Waals surface area contributed by atoms with Crippen LogP contribution in [0.1, 0.15) is 34.5 Å². The van der Waals surface area contributed by atoms with Gasteiger partial charge in [-0.3, -0.25) is 4.79 Å². The van der Waals surface area contributed by atoms with Crippen LogP contribution in [-0.2, 0) is 21.2 Å². The molecule has 0 spiro atoms. The number of methoxy groups -OCH3 is 1. The van der Waals surface area contributed by atoms with Gasteiger partial charge in [0.05, 0.1) is 17.5 Å². The highest BCUT2D eigenvalue weighted by Gasteiger charge is 2.13. The summed E-state index contributed by atoms with van der Waals surface area (Å²) < 4.78 is 28.0. The van der Waals surface area contributed by atoms with Crippen molar-refractivity contribution in [3.05, 3.63) is 65.2 Å². The fourth-order valence-corrected chi connectivity index (χ4v) is 2.97. The Morgan fingerprint density at radius 2 is 1.83 bits per heavy atom. The monoisotopic (exact) mass is 347 g/mol. The molecule has 0 saturated heterocycles. The summed E-state index contributed by atoms with van der Waals surface area (Å²) in [5.74, 6) is -0.187. The topological polar surface area (TPSA) is 72.5 Å². The van der Waals surface area contributed by atoms with Gasteiger partial charge in [-0.15, -0.1) is 0 Å². The van der Waals surface area contributed by atoms with Crippen molar-refractivity contribution in [2.75, 3.05) is 13.4 Å². The first-order valence-corrected chi connectivity index (χ1v) is 9.39. The molecule has 128 valence electrons. The van der Waals surface area contributed by atoms with E-state index < -0.39 is 9.84 Å². The molecule has 1 amide bonds. The molecule has 0 aromatic heterocycles. The molecular formula is C18H21NO4S. The molecule has 2 rings (SSSR count). The van der Waals surface area contributed by atoms with Gasteiger partial charge in [0, 0.05) is 18.9 Å². The summed E-state index contributed by atoms with van der Waals surface area (Å²) in [6.45, 7) is 2.30. The lowest BCUT2D eigenvalue weighted by Crippen LogP contribution is -2.26. The molecule has 0 bridgehead atoms. The second kappa shape index (κ2) is 7.59. The lowest BCUT2D eigenvalue weighted by Gasteiger charge is -2.15. The molecule has 0 aliphatic rings. The van der Waals surface area contributed by atoms with E-state index in [0.717, 1.165) is 11.1 Å². The van der Waals surface area contributed by atoms with E-state index in [1.807, 2.05) is 19.1 Å². The van der Waals surface area contributed by atoms with E-state index in [1.54, 1.807) is 43.5 Å². The van der Waals surface area contributed by atoms with Crippen molar-refractivity contribution in [2.24, 2.45) is 0 Å². The van der Waals surface area contributed by atoms with E-state index in [-0.39, 0.29) is 16.8 Å². The van der Waals surface area contributed by atoms with E-state index >= 15 is 0 Å². The number of hydrogen-bond donors (Lipinski definition) is 1. The van der Waals surface area contributed by atoms with Crippen LogP contribution < -0.4 is 5.32 Å². The number of carbonyl (C=O) groups excluding carboxylic acids is 1. The zero-order chi connectivity index (χ0) is 17.7. The standard InChI is InChI=1S/C18H21NO4S/c1-13(15-7-9-17(10-8-15)24(3,21)22)19-18(20)16-6-4-5-14(11-16)12-23-2/h4-11,13H,12H2,1-3H3,(H,19,20)/t13-/m1/s1. The molecule has 0 aliphatic carbocycles. The average Bonchev–Trinajstić information content (AvgIpc) is 2.54. The molecule has 24 heavy (non-hydrogen) atoms. The summed E-state index contributed by atoms with van der Waals surface area (Å²) in [6, 6.07) is 13.5. The molecule has 0 radical (unpaired) electrons. The van der Waals surface area contributed by atoms with Crippen molar-refractivity contribution in [2.45, 2.75) is 24.5 Å². The normalized spacial score (nSPS) is 12.6. The largest absolute Gasteiger partial charge is 0.380 e. The Balaban J connectivity index is 2.10. The zero-order valence-electron chi connectivity index (χ0n) is 13.9. The predicted molar refractivity (Wildman–Crippen MR) is 92.6 cm³/mol. The molecule has 0 heterocycles. The maximum Gasteiger partial charge on any atom is 0.251 e. The molecule has 5 nitrogen and oxygen atoms in total. The molecule has 0 fully saturated rings. The maximum absolute atomic E-state index is 12.4. The van der Waals surface area contributed by atoms with Crippen molar-refractivity contribution < 1.29 is 17.9 Å². The lowest BCUT2D eigenvalue weighted by molar-refractivity contribution is 0.0939. The highest BCUT2D eigenvalue weighted by atomic mass is 32.2. The average molecular weight is 347 g/mol. The lowest BCUT2D eigenvalue weighted by atomic mass is 10.1. The van der Waals surface area contributed by atoms with Crippen LogP contribution in [0.3, 0.4) is 0 Å². The molecular weight excluding hydrogens is 326 g/mol. The van der Waals surface area contributed by atoms with Crippen LogP contribution in [-0.4, -0.2) is 27.7 Å². The molecule has 6 heteroatoms. The van der Waals surface area contributed by atoms with E-state index in [0.29, 0.717) is 12.2 Å². The highest BCUT2D eigenvalue weighted by molar-refractivity contribution is 7.90. The minimum atomic E-state index is -3.22. The number of nitrogens with one attached hydrogen (secondary N) is 1. The first-order valence-electron chi connectivity index (χ1n) is 7.50. The fraction of sp³-hybridized carbons (Fsp3) is 0.278. The summed E-state index contributed by atoms with van der Waals surface area (Å²) in [6.07, 6.45) is 1.17. The molecule has 2 aromatic rings. The second-order valence-electron chi connectivity index (χ2n) is 5.67. The SMILES string of the molecule is COCc1cccc(C(=O)N[C@H](C)c2ccc(S(C)(=O)=O)cc2)c1. The summed E-state index contributed by atoms with van der Waals surface area (Å²) >= 11 is 0. The van der Waals surface area contributed by atoms with Crippen molar-refractivity contribution in [1.29, 1.82) is 0 Å². The number of sulfone groups is 1. The highest BCUT2D eigenvalue weighted by Crippen LogP contribution is 2.17. The van der Waals surface area contributed by atoms with Crippen molar-refractivity contribution in [3.63, 3.8) is 0 Å². The smallest absolute Gasteiger partial charge is 0.251 e. The van der Waals surface area contributed by atoms with Crippen LogP contribution in [0.2, 0.25) is 0 Å². The number of ether oxygens (including phenoxy) is 1. The summed E-state index contributed by atoms with van der Waals surface area (Å²) in [4.78, 5) is 12.6. The Labute approximate surface area is 142 Å². The van der Waals surface area contributed by atoms with Gasteiger partial charge in [0.2, 0.25) is 0 Å². The second-order valence-corrected chi connectivity index (χ2v) is 7.69. The molecule has 1 atom stereocenters. The van der Waals surface area contributed by atoms with Gasteiger partial charge in [0.15, 0.2) is 9.84 Å². The van der Waals surface area contributed by atoms with Crippen LogP contribution in [0.5, 0.6) is 0 Å². The van der Waals surface area contributed by atoms with Crippen molar-refractivity contribution >= 4 is 15.7 Å². The predicted octanol–water partition coefficient (Wildman–Crippen LogP) is 2.73. The number of amides is 1. The first kappa shape index (κ1) is 18.2. The number of carbonyl (C=O) groups is 1.